The number of carbonyl (C=O) groups is 3. The molecule has 9 aromatic carbocycles. The Morgan fingerprint density at radius 3 is 1.69 bits per heavy atom. The molecule has 0 aromatic heterocycles. The summed E-state index contributed by atoms with van der Waals surface area (Å²) in [5.41, 5.74) is 9.05. The highest BCUT2D eigenvalue weighted by atomic mass is 35.5. The van der Waals surface area contributed by atoms with E-state index in [1.54, 1.807) is 127 Å². The first kappa shape index (κ1) is 47.6. The number of hydrogen-bond acceptors (Lipinski definition) is 13. The largest absolute Gasteiger partial charge is 0.506 e. The van der Waals surface area contributed by atoms with Crippen LogP contribution in [0.4, 0.5) is 38.9 Å². The van der Waals surface area contributed by atoms with Gasteiger partial charge in [-0.25, -0.2) is 10.3 Å². The van der Waals surface area contributed by atoms with E-state index in [-0.39, 0.29) is 35.1 Å². The zero-order chi connectivity index (χ0) is 50.0. The molecule has 0 radical (unpaired) electrons. The molecule has 17 heteroatoms. The number of oxime groups is 1. The Kier molecular flexibility index (Phi) is 14.5. The molecule has 0 saturated heterocycles. The molecule has 5 N–H and O–H groups in total. The van der Waals surface area contributed by atoms with Gasteiger partial charge >= 0.3 is 6.03 Å². The van der Waals surface area contributed by atoms with Crippen molar-refractivity contribution in [3.63, 3.8) is 0 Å². The number of imide groups is 1. The number of phenols is 2. The van der Waals surface area contributed by atoms with Gasteiger partial charge in [-0.05, 0) is 131 Å². The minimum Gasteiger partial charge on any atom is -0.506 e. The number of hydrogen-bond donors (Lipinski definition) is 5. The molecule has 354 valence electrons. The number of fused-ring (bicyclic) bond motifs is 2. The predicted molar refractivity (Wildman–Crippen MR) is 279 cm³/mol. The Balaban J connectivity index is 0.786. The third kappa shape index (κ3) is 11.7. The maximum atomic E-state index is 13.5. The van der Waals surface area contributed by atoms with Crippen LogP contribution in [0, 0.1) is 0 Å². The van der Waals surface area contributed by atoms with E-state index in [0.29, 0.717) is 65.8 Å². The molecule has 0 saturated carbocycles. The van der Waals surface area contributed by atoms with Gasteiger partial charge in [-0.1, -0.05) is 107 Å². The van der Waals surface area contributed by atoms with Gasteiger partial charge in [0.1, 0.15) is 29.5 Å². The van der Waals surface area contributed by atoms with Crippen molar-refractivity contribution >= 4 is 103 Å². The molecule has 0 heterocycles. The number of halogens is 2. The fourth-order valence-electron chi connectivity index (χ4n) is 7.40. The van der Waals surface area contributed by atoms with Crippen molar-refractivity contribution in [1.82, 2.24) is 5.32 Å². The molecule has 0 atom stereocenters. The van der Waals surface area contributed by atoms with E-state index in [1.807, 2.05) is 42.5 Å². The van der Waals surface area contributed by atoms with Crippen LogP contribution in [-0.2, 0) is 16.3 Å². The number of phenolic OH excluding ortho intramolecular Hbond substituents is 2. The van der Waals surface area contributed by atoms with Crippen LogP contribution >= 0.6 is 23.2 Å². The minimum absolute atomic E-state index is 0.0397. The number of nitrogens with one attached hydrogen (secondary N) is 3. The van der Waals surface area contributed by atoms with Crippen molar-refractivity contribution in [3.05, 3.63) is 214 Å². The highest BCUT2D eigenvalue weighted by molar-refractivity contribution is 6.31. The molecule has 9 rings (SSSR count). The molecule has 0 aliphatic carbocycles. The van der Waals surface area contributed by atoms with E-state index in [1.165, 1.54) is 12.1 Å². The van der Waals surface area contributed by atoms with Gasteiger partial charge in [0.2, 0.25) is 6.40 Å². The van der Waals surface area contributed by atoms with Crippen LogP contribution in [-0.4, -0.2) is 34.3 Å². The lowest BCUT2D eigenvalue weighted by molar-refractivity contribution is 0.0966. The van der Waals surface area contributed by atoms with Crippen molar-refractivity contribution in [2.75, 3.05) is 10.8 Å². The maximum Gasteiger partial charge on any atom is 0.326 e. The first-order chi connectivity index (χ1) is 35.0. The zero-order valence-corrected chi connectivity index (χ0v) is 39.0. The number of nitrogens with zero attached hydrogens (tertiary/aromatic N) is 5. The average Bonchev–Trinajstić information content (AvgIpc) is 3.39. The maximum absolute atomic E-state index is 13.5. The molecule has 72 heavy (non-hydrogen) atoms. The fourth-order valence-corrected chi connectivity index (χ4v) is 7.79. The molecule has 0 fully saturated rings. The van der Waals surface area contributed by atoms with Crippen LogP contribution in [0.25, 0.3) is 32.7 Å². The van der Waals surface area contributed by atoms with Gasteiger partial charge in [-0.3, -0.25) is 14.9 Å². The second kappa shape index (κ2) is 21.9. The van der Waals surface area contributed by atoms with Gasteiger partial charge in [0.05, 0.1) is 17.1 Å². The van der Waals surface area contributed by atoms with Crippen molar-refractivity contribution in [2.24, 2.45) is 25.6 Å². The first-order valence-corrected chi connectivity index (χ1v) is 22.7. The molecule has 0 unspecified atom stereocenters. The summed E-state index contributed by atoms with van der Waals surface area (Å²) in [7, 11) is 0. The third-order valence-electron chi connectivity index (χ3n) is 11.0. The van der Waals surface area contributed by atoms with E-state index >= 15 is 0 Å². The lowest BCUT2D eigenvalue weighted by atomic mass is 9.99. The highest BCUT2D eigenvalue weighted by Crippen LogP contribution is 2.38. The Morgan fingerprint density at radius 1 is 0.542 bits per heavy atom. The lowest BCUT2D eigenvalue weighted by Gasteiger charge is -2.09. The number of rotatable bonds is 15. The highest BCUT2D eigenvalue weighted by Gasteiger charge is 2.15. The van der Waals surface area contributed by atoms with Crippen molar-refractivity contribution < 1.29 is 34.3 Å². The Bertz CT molecular complexity index is 3590. The number of carbonyl (C=O) groups excluding carboxylic acids is 3. The fraction of sp³-hybridized carbons (Fsp3) is 0.0182. The van der Waals surface area contributed by atoms with Crippen LogP contribution in [0.5, 0.6) is 11.5 Å². The van der Waals surface area contributed by atoms with Crippen molar-refractivity contribution in [1.29, 1.82) is 0 Å². The normalized spacial score (nSPS) is 11.4. The van der Waals surface area contributed by atoms with Gasteiger partial charge < -0.3 is 25.2 Å². The number of ketones is 1. The zero-order valence-electron chi connectivity index (χ0n) is 37.5. The van der Waals surface area contributed by atoms with Gasteiger partial charge in [-0.15, -0.1) is 10.2 Å². The summed E-state index contributed by atoms with van der Waals surface area (Å²) in [5.74, 6) is -0.939. The van der Waals surface area contributed by atoms with Gasteiger partial charge in [0.25, 0.3) is 5.91 Å². The Morgan fingerprint density at radius 2 is 1.07 bits per heavy atom. The summed E-state index contributed by atoms with van der Waals surface area (Å²) >= 11 is 11.9. The van der Waals surface area contributed by atoms with E-state index in [9.17, 15) is 24.6 Å². The van der Waals surface area contributed by atoms with E-state index in [0.717, 1.165) is 28.5 Å². The smallest absolute Gasteiger partial charge is 0.326 e. The molecule has 0 bridgehead atoms. The van der Waals surface area contributed by atoms with Crippen LogP contribution in [0.15, 0.2) is 208 Å². The summed E-state index contributed by atoms with van der Waals surface area (Å²) in [6.45, 7) is 0.167. The number of amides is 3. The Hall–Kier alpha value is -9.44. The molecule has 9 aromatic rings. The van der Waals surface area contributed by atoms with Crippen LogP contribution in [0.3, 0.4) is 0 Å². The van der Waals surface area contributed by atoms with Crippen LogP contribution < -0.4 is 16.1 Å². The molecular formula is C55H38Cl2N8O7. The molecule has 0 aliphatic heterocycles. The average molecular weight is 994 g/mol. The number of aromatic hydroxyl groups is 2. The van der Waals surface area contributed by atoms with E-state index in [4.69, 9.17) is 32.9 Å². The number of azo groups is 2. The van der Waals surface area contributed by atoms with E-state index in [2.05, 4.69) is 41.7 Å². The van der Waals surface area contributed by atoms with Crippen LogP contribution in [0.2, 0.25) is 10.0 Å². The van der Waals surface area contributed by atoms with Gasteiger partial charge in [-0.2, -0.15) is 10.2 Å². The first-order valence-electron chi connectivity index (χ1n) is 21.9. The predicted octanol–water partition coefficient (Wildman–Crippen LogP) is 14.9. The summed E-state index contributed by atoms with van der Waals surface area (Å²) in [6, 6.07) is 50.8. The monoisotopic (exact) mass is 992 g/mol. The van der Waals surface area contributed by atoms with Crippen LogP contribution in [0.1, 0.15) is 31.8 Å². The topological polar surface area (TPSA) is 208 Å². The molecule has 0 aliphatic rings. The van der Waals surface area contributed by atoms with Gasteiger partial charge in [0, 0.05) is 43.2 Å². The molecule has 15 nitrogen and oxygen atoms in total. The SMILES string of the molecule is O=C(NC(=O)c1ccc2c(N=Nc3ccc(-c4ccc(C(=O)c5ccc(N=Nc6c(O)ccc7cc(CO/N=C/ONc8cccc(Cl)c8)ccc67)cc5)cc4)cc3)c(O)ccc2c1)Nc1cccc(Cl)c1. The second-order valence-corrected chi connectivity index (χ2v) is 16.8. The summed E-state index contributed by atoms with van der Waals surface area (Å²) in [6.07, 6.45) is 1.13. The number of urea groups is 1. The molecule has 0 spiro atoms. The summed E-state index contributed by atoms with van der Waals surface area (Å²) in [4.78, 5) is 49.3. The van der Waals surface area contributed by atoms with Crippen molar-refractivity contribution in [2.45, 2.75) is 6.61 Å². The van der Waals surface area contributed by atoms with Crippen molar-refractivity contribution in [3.8, 4) is 22.6 Å². The summed E-state index contributed by atoms with van der Waals surface area (Å²) in [5, 5.41) is 51.1. The van der Waals surface area contributed by atoms with E-state index < -0.39 is 11.9 Å². The Labute approximate surface area is 420 Å². The summed E-state index contributed by atoms with van der Waals surface area (Å²) < 4.78 is 0. The van der Waals surface area contributed by atoms with Gasteiger partial charge in [0.15, 0.2) is 5.78 Å². The quantitative estimate of drug-likeness (QED) is 0.0219. The molecular weight excluding hydrogens is 956 g/mol. The standard InChI is InChI=1S/C55H38Cl2N8O7/c56-41-3-1-5-45(29-41)59-55(70)60-54(69)40-16-24-48-39(28-40)18-26-50(67)52(48)64-61-43-19-12-35(13-20-43)34-8-10-36(11-9-34)53(68)37-14-21-44(22-15-37)62-63-51-47-23-7-33(27-38(47)17-25-49(51)66)31-71-58-32-72-65-46-6-2-4-42(57)30-46/h1-30,32,65-67H,31H2,(H2,59,60,69,70)/b58-32+,63-62?,64-61?. The lowest BCUT2D eigenvalue weighted by Crippen LogP contribution is -2.34. The minimum atomic E-state index is -0.719. The molecule has 3 amide bonds. The number of benzene rings is 9. The second-order valence-electron chi connectivity index (χ2n) is 15.9. The number of anilines is 2. The third-order valence-corrected chi connectivity index (χ3v) is 11.5.